The van der Waals surface area contributed by atoms with E-state index < -0.39 is 0 Å². The molecule has 35 heavy (non-hydrogen) atoms. The largest absolute Gasteiger partial charge is 0.361 e. The topological polar surface area (TPSA) is 123 Å². The van der Waals surface area contributed by atoms with Crippen molar-refractivity contribution >= 4 is 27.9 Å². The summed E-state index contributed by atoms with van der Waals surface area (Å²) in [4.78, 5) is 16.0. The van der Waals surface area contributed by atoms with Gasteiger partial charge < -0.3 is 15.2 Å². The summed E-state index contributed by atoms with van der Waals surface area (Å²) in [5.41, 5.74) is 10.0. The maximum absolute atomic E-state index is 14.3. The van der Waals surface area contributed by atoms with Gasteiger partial charge in [0.1, 0.15) is 28.6 Å². The Morgan fingerprint density at radius 2 is 2.17 bits per heavy atom. The number of hydrogen-bond donors (Lipinski definition) is 2. The Morgan fingerprint density at radius 3 is 3.00 bits per heavy atom. The van der Waals surface area contributed by atoms with Crippen molar-refractivity contribution in [2.45, 2.75) is 18.8 Å². The van der Waals surface area contributed by atoms with Crippen LogP contribution in [0.2, 0.25) is 0 Å². The van der Waals surface area contributed by atoms with Gasteiger partial charge in [0.15, 0.2) is 5.65 Å². The molecule has 3 N–H and O–H groups in total. The smallest absolute Gasteiger partial charge is 0.177 e. The second-order valence-corrected chi connectivity index (χ2v) is 9.54. The molecular weight excluding hydrogens is 447 g/mol. The molecule has 1 aliphatic carbocycles. The molecule has 1 saturated heterocycles. The fraction of sp³-hybridized carbons (Fsp3) is 0.320. The van der Waals surface area contributed by atoms with Crippen molar-refractivity contribution in [3.63, 3.8) is 0 Å². The second kappa shape index (κ2) is 7.29. The number of hydrogen-bond acceptors (Lipinski definition) is 8. The third-order valence-electron chi connectivity index (χ3n) is 7.79. The second-order valence-electron chi connectivity index (χ2n) is 9.54. The average molecular weight is 471 g/mol. The number of piperidine rings is 1. The number of nitrogens with two attached hydrogens (primary N) is 1. The van der Waals surface area contributed by atoms with Crippen LogP contribution in [0, 0.1) is 24.6 Å². The van der Waals surface area contributed by atoms with Gasteiger partial charge in [0, 0.05) is 54.3 Å². The molecule has 0 spiro atoms. The molecule has 2 fully saturated rings. The number of nitrogens with zero attached hydrogens (tertiary/aromatic N) is 6. The quantitative estimate of drug-likeness (QED) is 0.410. The lowest BCUT2D eigenvalue weighted by molar-refractivity contribution is 0.379. The van der Waals surface area contributed by atoms with Crippen LogP contribution >= 0.6 is 0 Å². The van der Waals surface area contributed by atoms with Gasteiger partial charge in [0.25, 0.3) is 0 Å². The number of aromatic amines is 1. The summed E-state index contributed by atoms with van der Waals surface area (Å²) < 4.78 is 19.7. The van der Waals surface area contributed by atoms with Crippen LogP contribution in [0.4, 0.5) is 10.2 Å². The SMILES string of the molecule is Cc1cc([C@@]2(CN)[C@@H]3CCN(c4cnc5c(-c6cc(F)cc7ncccc67)n[nH]c5n4)C[C@@H]32)no1. The van der Waals surface area contributed by atoms with E-state index in [4.69, 9.17) is 20.2 Å². The van der Waals surface area contributed by atoms with Crippen LogP contribution in [-0.2, 0) is 5.41 Å². The zero-order chi connectivity index (χ0) is 23.7. The molecule has 0 unspecified atom stereocenters. The lowest BCUT2D eigenvalue weighted by Gasteiger charge is -2.26. The maximum Gasteiger partial charge on any atom is 0.177 e. The van der Waals surface area contributed by atoms with Crippen molar-refractivity contribution in [1.29, 1.82) is 0 Å². The molecule has 10 heteroatoms. The lowest BCUT2D eigenvalue weighted by Crippen LogP contribution is -2.32. The van der Waals surface area contributed by atoms with E-state index in [1.165, 1.54) is 12.1 Å². The fourth-order valence-corrected chi connectivity index (χ4v) is 6.04. The summed E-state index contributed by atoms with van der Waals surface area (Å²) in [7, 11) is 0. The molecule has 1 aromatic carbocycles. The average Bonchev–Trinajstić information content (AvgIpc) is 3.12. The first-order valence-corrected chi connectivity index (χ1v) is 11.7. The van der Waals surface area contributed by atoms with Crippen molar-refractivity contribution in [1.82, 2.24) is 30.3 Å². The highest BCUT2D eigenvalue weighted by Crippen LogP contribution is 2.62. The molecule has 3 atom stereocenters. The van der Waals surface area contributed by atoms with Crippen molar-refractivity contribution in [2.24, 2.45) is 17.6 Å². The summed E-state index contributed by atoms with van der Waals surface area (Å²) in [5, 5.41) is 12.5. The van der Waals surface area contributed by atoms with Crippen molar-refractivity contribution in [2.75, 3.05) is 24.5 Å². The molecule has 7 rings (SSSR count). The molecule has 0 bridgehead atoms. The first kappa shape index (κ1) is 20.5. The number of rotatable bonds is 4. The molecule has 4 aromatic heterocycles. The van der Waals surface area contributed by atoms with E-state index in [1.54, 1.807) is 12.4 Å². The number of benzene rings is 1. The Hall–Kier alpha value is -3.92. The van der Waals surface area contributed by atoms with E-state index in [0.717, 1.165) is 42.2 Å². The van der Waals surface area contributed by atoms with E-state index in [1.807, 2.05) is 25.1 Å². The Kier molecular flexibility index (Phi) is 4.26. The molecule has 0 radical (unpaired) electrons. The van der Waals surface area contributed by atoms with Crippen LogP contribution in [0.3, 0.4) is 0 Å². The number of halogens is 1. The maximum atomic E-state index is 14.3. The van der Waals surface area contributed by atoms with Crippen LogP contribution in [0.25, 0.3) is 33.3 Å². The molecule has 5 aromatic rings. The van der Waals surface area contributed by atoms with Crippen LogP contribution in [-0.4, -0.2) is 49.9 Å². The number of aryl methyl sites for hydroxylation is 1. The highest BCUT2D eigenvalue weighted by molar-refractivity contribution is 6.00. The lowest BCUT2D eigenvalue weighted by atomic mass is 9.97. The molecule has 9 nitrogen and oxygen atoms in total. The Bertz CT molecular complexity index is 1600. The summed E-state index contributed by atoms with van der Waals surface area (Å²) >= 11 is 0. The Labute approximate surface area is 199 Å². The third-order valence-corrected chi connectivity index (χ3v) is 7.79. The van der Waals surface area contributed by atoms with Crippen molar-refractivity contribution in [3.05, 3.63) is 60.0 Å². The summed E-state index contributed by atoms with van der Waals surface area (Å²) in [6.45, 7) is 4.15. The van der Waals surface area contributed by atoms with E-state index in [0.29, 0.717) is 46.3 Å². The normalized spacial score (nSPS) is 23.7. The van der Waals surface area contributed by atoms with Gasteiger partial charge in [-0.3, -0.25) is 10.1 Å². The third kappa shape index (κ3) is 2.92. The predicted octanol–water partition coefficient (Wildman–Crippen LogP) is 3.36. The molecule has 1 aliphatic heterocycles. The molecule has 0 amide bonds. The van der Waals surface area contributed by atoms with Crippen LogP contribution in [0.15, 0.2) is 47.2 Å². The number of aromatic nitrogens is 6. The number of anilines is 1. The number of pyridine rings is 1. The van der Waals surface area contributed by atoms with Crippen molar-refractivity contribution in [3.8, 4) is 11.3 Å². The minimum Gasteiger partial charge on any atom is -0.361 e. The van der Waals surface area contributed by atoms with Gasteiger partial charge in [-0.2, -0.15) is 5.10 Å². The molecule has 2 aliphatic rings. The van der Waals surface area contributed by atoms with Crippen molar-refractivity contribution < 1.29 is 8.91 Å². The summed E-state index contributed by atoms with van der Waals surface area (Å²) in [6, 6.07) is 8.62. The van der Waals surface area contributed by atoms with Gasteiger partial charge in [0.2, 0.25) is 0 Å². The van der Waals surface area contributed by atoms with E-state index >= 15 is 0 Å². The Balaban J connectivity index is 1.21. The van der Waals surface area contributed by atoms with E-state index in [9.17, 15) is 4.39 Å². The molecule has 1 saturated carbocycles. The number of fused-ring (bicyclic) bond motifs is 3. The predicted molar refractivity (Wildman–Crippen MR) is 128 cm³/mol. The zero-order valence-corrected chi connectivity index (χ0v) is 19.1. The molecule has 5 heterocycles. The standard InChI is InChI=1S/C25H23FN8O/c1-13-7-20(33-35-13)25(12-27)17-4-6-34(11-18(17)25)21-10-29-23-22(31-32-24(23)30-21)16-8-14(26)9-19-15(16)3-2-5-28-19/h2-3,5,7-10,17-18H,4,6,11-12,27H2,1H3,(H,30,31,32)/t17-,18+,25+/m1/s1. The first-order chi connectivity index (χ1) is 17.1. The highest BCUT2D eigenvalue weighted by atomic mass is 19.1. The zero-order valence-electron chi connectivity index (χ0n) is 19.1. The van der Waals surface area contributed by atoms with Crippen LogP contribution in [0.1, 0.15) is 17.9 Å². The fourth-order valence-electron chi connectivity index (χ4n) is 6.04. The summed E-state index contributed by atoms with van der Waals surface area (Å²) in [5.74, 6) is 2.11. The minimum absolute atomic E-state index is 0.127. The van der Waals surface area contributed by atoms with Gasteiger partial charge in [-0.1, -0.05) is 11.2 Å². The van der Waals surface area contributed by atoms with E-state index in [2.05, 4.69) is 25.2 Å². The molecule has 176 valence electrons. The van der Waals surface area contributed by atoms with Gasteiger partial charge in [-0.25, -0.2) is 14.4 Å². The van der Waals surface area contributed by atoms with Crippen LogP contribution < -0.4 is 10.6 Å². The van der Waals surface area contributed by atoms with Gasteiger partial charge >= 0.3 is 0 Å². The van der Waals surface area contributed by atoms with Crippen LogP contribution in [0.5, 0.6) is 0 Å². The van der Waals surface area contributed by atoms with Gasteiger partial charge in [-0.05, 0) is 37.3 Å². The van der Waals surface area contributed by atoms with Gasteiger partial charge in [-0.15, -0.1) is 0 Å². The summed E-state index contributed by atoms with van der Waals surface area (Å²) in [6.07, 6.45) is 4.42. The monoisotopic (exact) mass is 470 g/mol. The van der Waals surface area contributed by atoms with E-state index in [-0.39, 0.29) is 11.2 Å². The van der Waals surface area contributed by atoms with Gasteiger partial charge in [0.05, 0.1) is 17.4 Å². The minimum atomic E-state index is -0.370. The number of H-pyrrole nitrogens is 1. The highest BCUT2D eigenvalue weighted by Gasteiger charge is 2.67. The first-order valence-electron chi connectivity index (χ1n) is 11.7. The molecular formula is C25H23FN8O. The Morgan fingerprint density at radius 1 is 1.26 bits per heavy atom. The number of nitrogens with one attached hydrogen (secondary N) is 1.